The summed E-state index contributed by atoms with van der Waals surface area (Å²) in [4.78, 5) is 28.0. The van der Waals surface area contributed by atoms with Gasteiger partial charge in [0.2, 0.25) is 0 Å². The van der Waals surface area contributed by atoms with Gasteiger partial charge in [0.05, 0.1) is 12.4 Å². The van der Waals surface area contributed by atoms with E-state index in [1.165, 1.54) is 0 Å². The molecule has 1 amide bonds. The summed E-state index contributed by atoms with van der Waals surface area (Å²) in [5.41, 5.74) is 1.59. The number of likely N-dealkylation sites (tertiary alicyclic amines) is 1. The summed E-state index contributed by atoms with van der Waals surface area (Å²) in [7, 11) is 0. The molecule has 148 valence electrons. The molecule has 2 saturated heterocycles. The molecular formula is C21H26ClN5O. The number of amides is 1. The summed E-state index contributed by atoms with van der Waals surface area (Å²) in [6.07, 6.45) is 5.48. The van der Waals surface area contributed by atoms with Crippen LogP contribution >= 0.6 is 11.6 Å². The van der Waals surface area contributed by atoms with Crippen molar-refractivity contribution in [3.63, 3.8) is 0 Å². The van der Waals surface area contributed by atoms with E-state index in [1.807, 2.05) is 23.1 Å². The van der Waals surface area contributed by atoms with Gasteiger partial charge in [-0.15, -0.1) is 0 Å². The average Bonchev–Trinajstić information content (AvgIpc) is 2.74. The number of hydrogen-bond donors (Lipinski definition) is 0. The first-order valence-corrected chi connectivity index (χ1v) is 10.3. The monoisotopic (exact) mass is 399 g/mol. The van der Waals surface area contributed by atoms with Crippen LogP contribution in [0.15, 0.2) is 36.7 Å². The molecule has 0 bridgehead atoms. The molecule has 2 aliphatic heterocycles. The van der Waals surface area contributed by atoms with E-state index in [0.29, 0.717) is 11.6 Å². The summed E-state index contributed by atoms with van der Waals surface area (Å²) in [6, 6.07) is 7.96. The van der Waals surface area contributed by atoms with Crippen molar-refractivity contribution in [1.82, 2.24) is 14.9 Å². The second kappa shape index (κ2) is 8.35. The number of anilines is 2. The third-order valence-electron chi connectivity index (χ3n) is 5.71. The first-order valence-electron chi connectivity index (χ1n) is 9.97. The molecule has 1 aromatic heterocycles. The zero-order valence-electron chi connectivity index (χ0n) is 16.2. The minimum Gasteiger partial charge on any atom is -0.368 e. The van der Waals surface area contributed by atoms with Gasteiger partial charge < -0.3 is 14.7 Å². The SMILES string of the molecule is CC1CCN(C(=O)c2cnc(N3CCN(c4cccc(Cl)c4)CC3)cn2)CC1. The van der Waals surface area contributed by atoms with E-state index in [1.54, 1.807) is 12.4 Å². The van der Waals surface area contributed by atoms with Crippen molar-refractivity contribution >= 4 is 29.0 Å². The topological polar surface area (TPSA) is 52.6 Å². The van der Waals surface area contributed by atoms with E-state index >= 15 is 0 Å². The lowest BCUT2D eigenvalue weighted by Gasteiger charge is -2.36. The quantitative estimate of drug-likeness (QED) is 0.792. The molecule has 0 atom stereocenters. The fourth-order valence-electron chi connectivity index (χ4n) is 3.84. The van der Waals surface area contributed by atoms with Crippen LogP contribution in [0.3, 0.4) is 0 Å². The van der Waals surface area contributed by atoms with E-state index in [9.17, 15) is 4.79 Å². The molecule has 2 aromatic rings. The highest BCUT2D eigenvalue weighted by Gasteiger charge is 2.23. The lowest BCUT2D eigenvalue weighted by atomic mass is 9.99. The normalized spacial score (nSPS) is 18.4. The second-order valence-electron chi connectivity index (χ2n) is 7.69. The molecule has 7 heteroatoms. The lowest BCUT2D eigenvalue weighted by molar-refractivity contribution is 0.0691. The van der Waals surface area contributed by atoms with Gasteiger partial charge in [-0.3, -0.25) is 4.79 Å². The fraction of sp³-hybridized carbons (Fsp3) is 0.476. The van der Waals surface area contributed by atoms with Crippen LogP contribution < -0.4 is 9.80 Å². The second-order valence-corrected chi connectivity index (χ2v) is 8.12. The van der Waals surface area contributed by atoms with E-state index in [4.69, 9.17) is 11.6 Å². The summed E-state index contributed by atoms with van der Waals surface area (Å²) in [5.74, 6) is 1.52. The van der Waals surface area contributed by atoms with Crippen molar-refractivity contribution in [1.29, 1.82) is 0 Å². The molecule has 1 aromatic carbocycles. The van der Waals surface area contributed by atoms with Gasteiger partial charge in [-0.2, -0.15) is 0 Å². The van der Waals surface area contributed by atoms with Gasteiger partial charge in [0.25, 0.3) is 5.91 Å². The van der Waals surface area contributed by atoms with E-state index in [0.717, 1.165) is 68.6 Å². The van der Waals surface area contributed by atoms with E-state index < -0.39 is 0 Å². The van der Waals surface area contributed by atoms with Crippen molar-refractivity contribution in [2.75, 3.05) is 49.1 Å². The van der Waals surface area contributed by atoms with Crippen LogP contribution in [-0.2, 0) is 0 Å². The minimum absolute atomic E-state index is 0.00303. The Hall–Kier alpha value is -2.34. The van der Waals surface area contributed by atoms with Crippen molar-refractivity contribution < 1.29 is 4.79 Å². The summed E-state index contributed by atoms with van der Waals surface area (Å²) < 4.78 is 0. The molecular weight excluding hydrogens is 374 g/mol. The maximum atomic E-state index is 12.6. The molecule has 4 rings (SSSR count). The summed E-state index contributed by atoms with van der Waals surface area (Å²) >= 11 is 6.11. The van der Waals surface area contributed by atoms with Crippen LogP contribution in [0.2, 0.25) is 5.02 Å². The number of hydrogen-bond acceptors (Lipinski definition) is 5. The number of piperazine rings is 1. The zero-order chi connectivity index (χ0) is 19.5. The van der Waals surface area contributed by atoms with Crippen molar-refractivity contribution in [2.45, 2.75) is 19.8 Å². The largest absolute Gasteiger partial charge is 0.368 e. The van der Waals surface area contributed by atoms with Crippen LogP contribution in [0.4, 0.5) is 11.5 Å². The number of aromatic nitrogens is 2. The molecule has 0 unspecified atom stereocenters. The molecule has 2 aliphatic rings. The maximum absolute atomic E-state index is 12.6. The van der Waals surface area contributed by atoms with Crippen molar-refractivity contribution in [3.8, 4) is 0 Å². The Balaban J connectivity index is 1.35. The smallest absolute Gasteiger partial charge is 0.274 e. The number of benzene rings is 1. The standard InChI is InChI=1S/C21H26ClN5O/c1-16-5-7-27(8-6-16)21(28)19-14-24-20(15-23-19)26-11-9-25(10-12-26)18-4-2-3-17(22)13-18/h2-4,13-16H,5-12H2,1H3. The Morgan fingerprint density at radius 1 is 1.00 bits per heavy atom. The first-order chi connectivity index (χ1) is 13.6. The van der Waals surface area contributed by atoms with Crippen LogP contribution in [0.5, 0.6) is 0 Å². The van der Waals surface area contributed by atoms with Gasteiger partial charge in [-0.05, 0) is 37.0 Å². The highest BCUT2D eigenvalue weighted by molar-refractivity contribution is 6.30. The van der Waals surface area contributed by atoms with Crippen LogP contribution in [0.1, 0.15) is 30.3 Å². The molecule has 0 spiro atoms. The third-order valence-corrected chi connectivity index (χ3v) is 5.94. The molecule has 0 saturated carbocycles. The number of carbonyl (C=O) groups is 1. The molecule has 28 heavy (non-hydrogen) atoms. The van der Waals surface area contributed by atoms with Gasteiger partial charge >= 0.3 is 0 Å². The van der Waals surface area contributed by atoms with Gasteiger partial charge in [0.1, 0.15) is 11.5 Å². The van der Waals surface area contributed by atoms with Crippen molar-refractivity contribution in [3.05, 3.63) is 47.4 Å². The molecule has 0 N–H and O–H groups in total. The summed E-state index contributed by atoms with van der Waals surface area (Å²) in [6.45, 7) is 7.38. The molecule has 3 heterocycles. The number of halogens is 1. The van der Waals surface area contributed by atoms with Gasteiger partial charge in [-0.1, -0.05) is 24.6 Å². The van der Waals surface area contributed by atoms with Gasteiger partial charge in [0.15, 0.2) is 0 Å². The Kier molecular flexibility index (Phi) is 5.67. The van der Waals surface area contributed by atoms with Crippen LogP contribution in [-0.4, -0.2) is 60.0 Å². The predicted octanol–water partition coefficient (Wildman–Crippen LogP) is 3.33. The highest BCUT2D eigenvalue weighted by atomic mass is 35.5. The van der Waals surface area contributed by atoms with E-state index in [-0.39, 0.29) is 5.91 Å². The zero-order valence-corrected chi connectivity index (χ0v) is 17.0. The van der Waals surface area contributed by atoms with Crippen LogP contribution in [0.25, 0.3) is 0 Å². The minimum atomic E-state index is -0.00303. The van der Waals surface area contributed by atoms with E-state index in [2.05, 4.69) is 32.8 Å². The number of carbonyl (C=O) groups excluding carboxylic acids is 1. The fourth-order valence-corrected chi connectivity index (χ4v) is 4.02. The predicted molar refractivity (Wildman–Crippen MR) is 112 cm³/mol. The molecule has 2 fully saturated rings. The van der Waals surface area contributed by atoms with Crippen molar-refractivity contribution in [2.24, 2.45) is 5.92 Å². The highest BCUT2D eigenvalue weighted by Crippen LogP contribution is 2.22. The number of rotatable bonds is 3. The van der Waals surface area contributed by atoms with Gasteiger partial charge in [0, 0.05) is 50.0 Å². The Bertz CT molecular complexity index is 812. The number of piperidine rings is 1. The lowest BCUT2D eigenvalue weighted by Crippen LogP contribution is -2.47. The Morgan fingerprint density at radius 3 is 2.36 bits per heavy atom. The Morgan fingerprint density at radius 2 is 1.71 bits per heavy atom. The third kappa shape index (κ3) is 4.22. The maximum Gasteiger partial charge on any atom is 0.274 e. The molecule has 0 radical (unpaired) electrons. The molecule has 0 aliphatic carbocycles. The molecule has 6 nitrogen and oxygen atoms in total. The van der Waals surface area contributed by atoms with Gasteiger partial charge in [-0.25, -0.2) is 9.97 Å². The first kappa shape index (κ1) is 19.0. The Labute approximate surface area is 171 Å². The average molecular weight is 400 g/mol. The number of nitrogens with zero attached hydrogens (tertiary/aromatic N) is 5. The van der Waals surface area contributed by atoms with Crippen LogP contribution in [0, 0.1) is 5.92 Å². The summed E-state index contributed by atoms with van der Waals surface area (Å²) in [5, 5.41) is 0.759.